The Labute approximate surface area is 161 Å². The Balaban J connectivity index is 1.59. The zero-order valence-electron chi connectivity index (χ0n) is 15.9. The molecule has 0 bridgehead atoms. The average Bonchev–Trinajstić information content (AvgIpc) is 2.73. The van der Waals surface area contributed by atoms with Gasteiger partial charge in [-0.3, -0.25) is 4.79 Å². The molecule has 0 saturated carbocycles. The summed E-state index contributed by atoms with van der Waals surface area (Å²) in [5.41, 5.74) is 2.98. The van der Waals surface area contributed by atoms with Gasteiger partial charge in [-0.25, -0.2) is 0 Å². The molecule has 2 aromatic rings. The third kappa shape index (κ3) is 5.31. The molecule has 5 nitrogen and oxygen atoms in total. The molecule has 27 heavy (non-hydrogen) atoms. The highest BCUT2D eigenvalue weighted by atomic mass is 16.5. The highest BCUT2D eigenvalue weighted by Gasteiger charge is 2.25. The van der Waals surface area contributed by atoms with Gasteiger partial charge in [-0.2, -0.15) is 0 Å². The summed E-state index contributed by atoms with van der Waals surface area (Å²) in [5.74, 6) is 0.918. The van der Waals surface area contributed by atoms with Gasteiger partial charge < -0.3 is 20.1 Å². The van der Waals surface area contributed by atoms with Crippen LogP contribution in [0.2, 0.25) is 0 Å². The van der Waals surface area contributed by atoms with E-state index >= 15 is 0 Å². The van der Waals surface area contributed by atoms with Crippen molar-refractivity contribution in [2.45, 2.75) is 19.3 Å². The molecule has 1 atom stereocenters. The lowest BCUT2D eigenvalue weighted by atomic mass is 9.96. The summed E-state index contributed by atoms with van der Waals surface area (Å²) in [5, 5.41) is 12.0. The van der Waals surface area contributed by atoms with Gasteiger partial charge in [0.25, 0.3) is 0 Å². The number of amides is 1. The summed E-state index contributed by atoms with van der Waals surface area (Å²) in [6.07, 6.45) is 2.71. The van der Waals surface area contributed by atoms with E-state index in [0.29, 0.717) is 0 Å². The van der Waals surface area contributed by atoms with Gasteiger partial charge in [0.2, 0.25) is 5.91 Å². The molecular formula is C22H28N2O3. The van der Waals surface area contributed by atoms with Crippen molar-refractivity contribution in [3.63, 3.8) is 0 Å². The number of methoxy groups -OCH3 is 1. The summed E-state index contributed by atoms with van der Waals surface area (Å²) in [7, 11) is 1.66. The van der Waals surface area contributed by atoms with E-state index in [0.717, 1.165) is 61.5 Å². The lowest BCUT2D eigenvalue weighted by molar-refractivity contribution is -0.121. The van der Waals surface area contributed by atoms with Crippen LogP contribution < -0.4 is 10.1 Å². The van der Waals surface area contributed by atoms with E-state index in [1.807, 2.05) is 48.5 Å². The van der Waals surface area contributed by atoms with Gasteiger partial charge in [-0.05, 0) is 61.2 Å². The second-order valence-electron chi connectivity index (χ2n) is 7.02. The number of anilines is 1. The normalized spacial score (nSPS) is 17.5. The monoisotopic (exact) mass is 368 g/mol. The second-order valence-corrected chi connectivity index (χ2v) is 7.02. The van der Waals surface area contributed by atoms with E-state index in [1.54, 1.807) is 7.11 Å². The van der Waals surface area contributed by atoms with Gasteiger partial charge in [-0.15, -0.1) is 0 Å². The van der Waals surface area contributed by atoms with Crippen molar-refractivity contribution >= 4 is 11.6 Å². The molecule has 1 heterocycles. The van der Waals surface area contributed by atoms with Gasteiger partial charge in [-0.1, -0.05) is 24.3 Å². The maximum atomic E-state index is 12.6. The molecule has 0 radical (unpaired) electrons. The smallest absolute Gasteiger partial charge is 0.228 e. The summed E-state index contributed by atoms with van der Waals surface area (Å²) < 4.78 is 5.28. The molecule has 2 aromatic carbocycles. The van der Waals surface area contributed by atoms with E-state index in [-0.39, 0.29) is 18.4 Å². The molecule has 144 valence electrons. The fourth-order valence-corrected chi connectivity index (χ4v) is 3.56. The lowest BCUT2D eigenvalue weighted by Gasteiger charge is -2.31. The largest absolute Gasteiger partial charge is 0.497 e. The van der Waals surface area contributed by atoms with Gasteiger partial charge in [0.1, 0.15) is 5.75 Å². The molecule has 1 saturated heterocycles. The minimum Gasteiger partial charge on any atom is -0.497 e. The Morgan fingerprint density at radius 2 is 2.04 bits per heavy atom. The molecule has 0 aliphatic carbocycles. The van der Waals surface area contributed by atoms with Crippen LogP contribution in [-0.4, -0.2) is 49.3 Å². The fourth-order valence-electron chi connectivity index (χ4n) is 3.56. The molecule has 1 amide bonds. The Hall–Kier alpha value is -2.37. The molecule has 1 unspecified atom stereocenters. The van der Waals surface area contributed by atoms with Gasteiger partial charge >= 0.3 is 0 Å². The first-order valence-electron chi connectivity index (χ1n) is 9.58. The summed E-state index contributed by atoms with van der Waals surface area (Å²) >= 11 is 0. The highest BCUT2D eigenvalue weighted by Crippen LogP contribution is 2.25. The molecule has 0 aromatic heterocycles. The van der Waals surface area contributed by atoms with Crippen LogP contribution in [0, 0.1) is 5.92 Å². The minimum absolute atomic E-state index is 0.00973. The van der Waals surface area contributed by atoms with Gasteiger partial charge in [0.15, 0.2) is 0 Å². The zero-order chi connectivity index (χ0) is 19.1. The number of nitrogens with one attached hydrogen (secondary N) is 1. The number of carbonyl (C=O) groups is 1. The summed E-state index contributed by atoms with van der Waals surface area (Å²) in [6.45, 7) is 2.84. The van der Waals surface area contributed by atoms with Crippen LogP contribution in [0.5, 0.6) is 5.75 Å². The number of rotatable bonds is 7. The molecule has 5 heteroatoms. The number of likely N-dealkylation sites (tertiary alicyclic amines) is 1. The van der Waals surface area contributed by atoms with Gasteiger partial charge in [0, 0.05) is 25.4 Å². The van der Waals surface area contributed by atoms with Crippen LogP contribution in [0.1, 0.15) is 19.3 Å². The number of piperidine rings is 1. The van der Waals surface area contributed by atoms with Crippen molar-refractivity contribution in [1.29, 1.82) is 0 Å². The van der Waals surface area contributed by atoms with Crippen LogP contribution in [0.3, 0.4) is 0 Å². The molecule has 2 N–H and O–H groups in total. The molecular weight excluding hydrogens is 340 g/mol. The van der Waals surface area contributed by atoms with Crippen molar-refractivity contribution in [1.82, 2.24) is 4.90 Å². The molecule has 1 fully saturated rings. The number of hydrogen-bond donors (Lipinski definition) is 2. The number of hydrogen-bond acceptors (Lipinski definition) is 4. The first kappa shape index (κ1) is 19.4. The fraction of sp³-hybridized carbons (Fsp3) is 0.409. The quantitative estimate of drug-likeness (QED) is 0.786. The van der Waals surface area contributed by atoms with E-state index in [1.165, 1.54) is 0 Å². The lowest BCUT2D eigenvalue weighted by Crippen LogP contribution is -2.41. The van der Waals surface area contributed by atoms with Crippen molar-refractivity contribution < 1.29 is 14.6 Å². The molecule has 1 aliphatic rings. The second kappa shape index (κ2) is 9.53. The van der Waals surface area contributed by atoms with E-state index < -0.39 is 0 Å². The number of ether oxygens (including phenoxy) is 1. The van der Waals surface area contributed by atoms with E-state index in [4.69, 9.17) is 9.84 Å². The van der Waals surface area contributed by atoms with Crippen LogP contribution in [0.4, 0.5) is 5.69 Å². The van der Waals surface area contributed by atoms with Crippen molar-refractivity contribution in [2.24, 2.45) is 5.92 Å². The van der Waals surface area contributed by atoms with E-state index in [9.17, 15) is 4.79 Å². The number of benzene rings is 2. The van der Waals surface area contributed by atoms with Crippen molar-refractivity contribution in [2.75, 3.05) is 38.7 Å². The van der Waals surface area contributed by atoms with Gasteiger partial charge in [0.05, 0.1) is 13.0 Å². The maximum absolute atomic E-state index is 12.6. The summed E-state index contributed by atoms with van der Waals surface area (Å²) in [4.78, 5) is 14.9. The Bertz CT molecular complexity index is 745. The van der Waals surface area contributed by atoms with E-state index in [2.05, 4.69) is 10.2 Å². The molecule has 0 spiro atoms. The standard InChI is InChI=1S/C22H28N2O3/c1-27-21-7-2-5-18(15-21)17-8-10-20(11-9-17)23-22(26)19-6-3-12-24(16-19)13-4-14-25/h2,5,7-11,15,19,25H,3-4,6,12-14,16H2,1H3,(H,23,26). The summed E-state index contributed by atoms with van der Waals surface area (Å²) in [6, 6.07) is 15.8. The van der Waals surface area contributed by atoms with Crippen molar-refractivity contribution in [3.8, 4) is 16.9 Å². The first-order valence-corrected chi connectivity index (χ1v) is 9.58. The average molecular weight is 368 g/mol. The Morgan fingerprint density at radius 3 is 2.78 bits per heavy atom. The molecule has 3 rings (SSSR count). The maximum Gasteiger partial charge on any atom is 0.228 e. The Morgan fingerprint density at radius 1 is 1.22 bits per heavy atom. The highest BCUT2D eigenvalue weighted by molar-refractivity contribution is 5.93. The Kier molecular flexibility index (Phi) is 6.85. The van der Waals surface area contributed by atoms with Crippen LogP contribution in [0.15, 0.2) is 48.5 Å². The number of aliphatic hydroxyl groups is 1. The molecule has 1 aliphatic heterocycles. The van der Waals surface area contributed by atoms with Crippen LogP contribution in [-0.2, 0) is 4.79 Å². The number of nitrogens with zero attached hydrogens (tertiary/aromatic N) is 1. The third-order valence-electron chi connectivity index (χ3n) is 5.06. The number of carbonyl (C=O) groups excluding carboxylic acids is 1. The predicted octanol–water partition coefficient (Wildman–Crippen LogP) is 3.40. The topological polar surface area (TPSA) is 61.8 Å². The van der Waals surface area contributed by atoms with Crippen LogP contribution in [0.25, 0.3) is 11.1 Å². The van der Waals surface area contributed by atoms with Crippen molar-refractivity contribution in [3.05, 3.63) is 48.5 Å². The van der Waals surface area contributed by atoms with Crippen LogP contribution >= 0.6 is 0 Å². The minimum atomic E-state index is 0.00973. The zero-order valence-corrected chi connectivity index (χ0v) is 15.9. The number of aliphatic hydroxyl groups excluding tert-OH is 1. The SMILES string of the molecule is COc1cccc(-c2ccc(NC(=O)C3CCCN(CCCO)C3)cc2)c1. The first-order chi connectivity index (χ1) is 13.2. The predicted molar refractivity (Wildman–Crippen MR) is 108 cm³/mol. The third-order valence-corrected chi connectivity index (χ3v) is 5.06.